The molecule has 10 heteroatoms. The fourth-order valence-corrected chi connectivity index (χ4v) is 8.51. The molecule has 5 aromatic rings. The second-order valence-electron chi connectivity index (χ2n) is 14.3. The number of likely N-dealkylation sites (tertiary alicyclic amines) is 1. The SMILES string of the molecule is Cc1cccc(F)c1C(=O)N1[C@@H]2CCC[C@@H]2C[C@H](C(=O)Nc2ccc3c(cnn3Cc3cccnc3)c2)[C@@H]1c1ccc(NC2CCOCC2)cc1. The van der Waals surface area contributed by atoms with Gasteiger partial charge >= 0.3 is 0 Å². The first kappa shape index (κ1) is 33.1. The molecule has 8 rings (SSSR count). The number of nitrogens with one attached hydrogen (secondary N) is 2. The number of rotatable bonds is 8. The van der Waals surface area contributed by atoms with Crippen molar-refractivity contribution in [2.24, 2.45) is 11.8 Å². The van der Waals surface area contributed by atoms with Crippen LogP contribution in [0.25, 0.3) is 10.9 Å². The van der Waals surface area contributed by atoms with Crippen molar-refractivity contribution in [1.29, 1.82) is 0 Å². The van der Waals surface area contributed by atoms with Crippen LogP contribution >= 0.6 is 0 Å². The second-order valence-corrected chi connectivity index (χ2v) is 14.3. The van der Waals surface area contributed by atoms with Crippen LogP contribution in [0, 0.1) is 24.6 Å². The quantitative estimate of drug-likeness (QED) is 0.175. The number of fused-ring (bicyclic) bond motifs is 2. The van der Waals surface area contributed by atoms with Gasteiger partial charge in [0.05, 0.1) is 35.8 Å². The number of amides is 2. The molecule has 0 radical (unpaired) electrons. The summed E-state index contributed by atoms with van der Waals surface area (Å²) in [6.45, 7) is 3.84. The Hall–Kier alpha value is -5.09. The number of ether oxygens (including phenoxy) is 1. The van der Waals surface area contributed by atoms with Crippen molar-refractivity contribution in [1.82, 2.24) is 19.7 Å². The Morgan fingerprint density at radius 3 is 2.55 bits per heavy atom. The van der Waals surface area contributed by atoms with Gasteiger partial charge in [0.25, 0.3) is 5.91 Å². The Morgan fingerprint density at radius 1 is 0.941 bits per heavy atom. The van der Waals surface area contributed by atoms with Crippen molar-refractivity contribution in [3.05, 3.63) is 119 Å². The summed E-state index contributed by atoms with van der Waals surface area (Å²) in [5, 5.41) is 12.3. The van der Waals surface area contributed by atoms with Gasteiger partial charge in [-0.05, 0) is 104 Å². The molecule has 51 heavy (non-hydrogen) atoms. The highest BCUT2D eigenvalue weighted by atomic mass is 19.1. The first-order chi connectivity index (χ1) is 24.9. The van der Waals surface area contributed by atoms with E-state index in [0.717, 1.165) is 73.0 Å². The lowest BCUT2D eigenvalue weighted by Gasteiger charge is -2.48. The zero-order valence-corrected chi connectivity index (χ0v) is 28.8. The van der Waals surface area contributed by atoms with E-state index in [2.05, 4.69) is 20.7 Å². The summed E-state index contributed by atoms with van der Waals surface area (Å²) >= 11 is 0. The van der Waals surface area contributed by atoms with Gasteiger partial charge in [-0.1, -0.05) is 36.8 Å². The summed E-state index contributed by atoms with van der Waals surface area (Å²) in [4.78, 5) is 35.2. The van der Waals surface area contributed by atoms with Crippen molar-refractivity contribution in [3.8, 4) is 0 Å². The van der Waals surface area contributed by atoms with Gasteiger partial charge in [-0.15, -0.1) is 0 Å². The van der Waals surface area contributed by atoms with Gasteiger partial charge in [0.15, 0.2) is 0 Å². The number of carbonyl (C=O) groups is 2. The maximum absolute atomic E-state index is 15.4. The number of pyridine rings is 1. The molecule has 2 aromatic heterocycles. The molecule has 0 spiro atoms. The molecule has 1 aliphatic carbocycles. The number of carbonyl (C=O) groups excluding carboxylic acids is 2. The van der Waals surface area contributed by atoms with Crippen LogP contribution in [-0.2, 0) is 16.1 Å². The molecule has 3 aromatic carbocycles. The van der Waals surface area contributed by atoms with Crippen LogP contribution in [0.2, 0.25) is 0 Å². The highest BCUT2D eigenvalue weighted by molar-refractivity contribution is 5.99. The lowest BCUT2D eigenvalue weighted by atomic mass is 9.76. The standard InChI is InChI=1S/C41H43FN6O3/c1-26-5-2-8-35(42)38(26)41(50)48-37-9-3-7-29(37)22-34(39(48)28-10-12-31(13-11-28)45-32-16-19-51-20-17-32)40(49)46-33-14-15-36-30(21-33)24-44-47(36)25-27-6-4-18-43-23-27/h2,4-6,8,10-15,18,21,23-24,29,32,34,37,39,45H,3,7,9,16-17,19-20,22,25H2,1H3,(H,46,49)/t29-,34+,37-,39+/m1/s1. The Bertz CT molecular complexity index is 2010. The molecule has 2 amide bonds. The van der Waals surface area contributed by atoms with E-state index in [-0.39, 0.29) is 29.3 Å². The monoisotopic (exact) mass is 686 g/mol. The number of hydrogen-bond donors (Lipinski definition) is 2. The summed E-state index contributed by atoms with van der Waals surface area (Å²) in [7, 11) is 0. The zero-order chi connectivity index (χ0) is 34.9. The fraction of sp³-hybridized carbons (Fsp3) is 0.366. The molecule has 3 aliphatic rings. The smallest absolute Gasteiger partial charge is 0.257 e. The largest absolute Gasteiger partial charge is 0.382 e. The molecular weight excluding hydrogens is 643 g/mol. The van der Waals surface area contributed by atoms with E-state index in [1.54, 1.807) is 31.5 Å². The first-order valence-electron chi connectivity index (χ1n) is 18.1. The van der Waals surface area contributed by atoms with Crippen molar-refractivity contribution in [3.63, 3.8) is 0 Å². The third kappa shape index (κ3) is 6.72. The van der Waals surface area contributed by atoms with Gasteiger partial charge in [0.1, 0.15) is 5.82 Å². The van der Waals surface area contributed by atoms with E-state index in [0.29, 0.717) is 30.3 Å². The molecule has 4 atom stereocenters. The van der Waals surface area contributed by atoms with Crippen LogP contribution in [0.3, 0.4) is 0 Å². The summed E-state index contributed by atoms with van der Waals surface area (Å²) in [5.41, 5.74) is 5.20. The molecule has 9 nitrogen and oxygen atoms in total. The fourth-order valence-electron chi connectivity index (χ4n) is 8.51. The van der Waals surface area contributed by atoms with Gasteiger partial charge in [-0.3, -0.25) is 19.3 Å². The van der Waals surface area contributed by atoms with Crippen molar-refractivity contribution in [2.45, 2.75) is 70.1 Å². The molecule has 2 N–H and O–H groups in total. The third-order valence-corrected chi connectivity index (χ3v) is 11.0. The zero-order valence-electron chi connectivity index (χ0n) is 28.8. The van der Waals surface area contributed by atoms with E-state index >= 15 is 4.39 Å². The Labute approximate surface area is 297 Å². The van der Waals surface area contributed by atoms with Crippen molar-refractivity contribution >= 4 is 34.1 Å². The Kier molecular flexibility index (Phi) is 9.25. The van der Waals surface area contributed by atoms with Crippen LogP contribution in [0.5, 0.6) is 0 Å². The maximum atomic E-state index is 15.4. The Balaban J connectivity index is 1.12. The van der Waals surface area contributed by atoms with Crippen LogP contribution in [0.15, 0.2) is 91.4 Å². The van der Waals surface area contributed by atoms with Gasteiger partial charge in [-0.2, -0.15) is 5.10 Å². The van der Waals surface area contributed by atoms with Gasteiger partial charge in [0.2, 0.25) is 5.91 Å². The molecule has 4 heterocycles. The number of hydrogen-bond acceptors (Lipinski definition) is 6. The molecule has 2 saturated heterocycles. The van der Waals surface area contributed by atoms with E-state index in [9.17, 15) is 9.59 Å². The molecular formula is C41H43FN6O3. The van der Waals surface area contributed by atoms with Crippen molar-refractivity contribution in [2.75, 3.05) is 23.8 Å². The predicted octanol–water partition coefficient (Wildman–Crippen LogP) is 7.53. The summed E-state index contributed by atoms with van der Waals surface area (Å²) in [6, 6.07) is 22.3. The lowest BCUT2D eigenvalue weighted by Crippen LogP contribution is -2.54. The first-order valence-corrected chi connectivity index (χ1v) is 18.1. The number of aryl methyl sites for hydroxylation is 1. The number of anilines is 2. The van der Waals surface area contributed by atoms with Gasteiger partial charge in [-0.25, -0.2) is 4.39 Å². The molecule has 0 unspecified atom stereocenters. The predicted molar refractivity (Wildman–Crippen MR) is 195 cm³/mol. The maximum Gasteiger partial charge on any atom is 0.257 e. The lowest BCUT2D eigenvalue weighted by molar-refractivity contribution is -0.125. The van der Waals surface area contributed by atoms with Crippen LogP contribution < -0.4 is 10.6 Å². The molecule has 3 fully saturated rings. The second kappa shape index (κ2) is 14.3. The number of benzene rings is 3. The highest BCUT2D eigenvalue weighted by Crippen LogP contribution is 2.49. The van der Waals surface area contributed by atoms with E-state index in [1.165, 1.54) is 6.07 Å². The number of piperidine rings is 1. The molecule has 262 valence electrons. The van der Waals surface area contributed by atoms with E-state index in [4.69, 9.17) is 4.74 Å². The van der Waals surface area contributed by atoms with Gasteiger partial charge < -0.3 is 20.3 Å². The number of halogens is 1. The van der Waals surface area contributed by atoms with Crippen LogP contribution in [-0.4, -0.2) is 56.8 Å². The minimum absolute atomic E-state index is 0.0763. The van der Waals surface area contributed by atoms with E-state index < -0.39 is 17.8 Å². The Morgan fingerprint density at radius 2 is 1.76 bits per heavy atom. The van der Waals surface area contributed by atoms with Crippen LogP contribution in [0.1, 0.15) is 71.6 Å². The van der Waals surface area contributed by atoms with E-state index in [1.807, 2.05) is 70.4 Å². The average Bonchev–Trinajstić information content (AvgIpc) is 3.78. The van der Waals surface area contributed by atoms with Crippen LogP contribution in [0.4, 0.5) is 15.8 Å². The molecule has 2 aliphatic heterocycles. The summed E-state index contributed by atoms with van der Waals surface area (Å²) in [5.74, 6) is -1.43. The molecule has 0 bridgehead atoms. The topological polar surface area (TPSA) is 101 Å². The molecule has 1 saturated carbocycles. The van der Waals surface area contributed by atoms with Gasteiger partial charge in [0, 0.05) is 54.5 Å². The summed E-state index contributed by atoms with van der Waals surface area (Å²) in [6.07, 6.45) is 10.6. The minimum atomic E-state index is -0.570. The normalized spacial score (nSPS) is 22.1. The number of aromatic nitrogens is 3. The summed E-state index contributed by atoms with van der Waals surface area (Å²) < 4.78 is 22.9. The average molecular weight is 687 g/mol. The number of nitrogens with zero attached hydrogens (tertiary/aromatic N) is 4. The minimum Gasteiger partial charge on any atom is -0.382 e. The highest BCUT2D eigenvalue weighted by Gasteiger charge is 2.50. The third-order valence-electron chi connectivity index (χ3n) is 11.0. The van der Waals surface area contributed by atoms with Crippen molar-refractivity contribution < 1.29 is 18.7 Å².